The average Bonchev–Trinajstić information content (AvgIpc) is 2.84. The highest BCUT2D eigenvalue weighted by molar-refractivity contribution is 8.05. The quantitative estimate of drug-likeness (QED) is 0.426. The maximum Gasteiger partial charge on any atom is 0.250 e. The molecule has 0 unspecified atom stereocenters. The molecule has 0 atom stereocenters. The van der Waals surface area contributed by atoms with Crippen LogP contribution < -0.4 is 15.8 Å². The van der Waals surface area contributed by atoms with Gasteiger partial charge in [0.15, 0.2) is 0 Å². The molecule has 2 N–H and O–H groups in total. The van der Waals surface area contributed by atoms with Gasteiger partial charge in [0, 0.05) is 81.2 Å². The van der Waals surface area contributed by atoms with Crippen LogP contribution in [0.2, 0.25) is 0 Å². The number of benzene rings is 2. The lowest BCUT2D eigenvalue weighted by Crippen LogP contribution is -2.46. The lowest BCUT2D eigenvalue weighted by Gasteiger charge is -2.36. The fourth-order valence-electron chi connectivity index (χ4n) is 4.82. The van der Waals surface area contributed by atoms with Crippen molar-refractivity contribution in [3.63, 3.8) is 0 Å². The Balaban J connectivity index is 1.26. The Morgan fingerprint density at radius 3 is 2.71 bits per heavy atom. The molecule has 3 aliphatic rings. The number of fused-ring (bicyclic) bond motifs is 2. The summed E-state index contributed by atoms with van der Waals surface area (Å²) in [5.41, 5.74) is 4.01. The molecule has 34 heavy (non-hydrogen) atoms. The third kappa shape index (κ3) is 4.47. The number of hydrogen-bond donors (Lipinski definition) is 2. The van der Waals surface area contributed by atoms with E-state index in [1.807, 2.05) is 11.8 Å². The van der Waals surface area contributed by atoms with Gasteiger partial charge in [-0.25, -0.2) is 0 Å². The molecule has 2 saturated heterocycles. The van der Waals surface area contributed by atoms with Crippen LogP contribution in [0.1, 0.15) is 0 Å². The summed E-state index contributed by atoms with van der Waals surface area (Å²) in [6.45, 7) is 6.38. The van der Waals surface area contributed by atoms with Gasteiger partial charge in [-0.1, -0.05) is 35.7 Å². The maximum atomic E-state index is 12.5. The first-order chi connectivity index (χ1) is 16.6. The number of pyridine rings is 1. The fraction of sp³-hybridized carbons (Fsp3) is 0.346. The van der Waals surface area contributed by atoms with Crippen LogP contribution in [0.15, 0.2) is 72.9 Å². The van der Waals surface area contributed by atoms with Gasteiger partial charge in [0.1, 0.15) is 0 Å². The third-order valence-corrected chi connectivity index (χ3v) is 9.18. The van der Waals surface area contributed by atoms with Crippen LogP contribution in [0.25, 0.3) is 11.3 Å². The zero-order valence-electron chi connectivity index (χ0n) is 19.2. The summed E-state index contributed by atoms with van der Waals surface area (Å²) in [5.74, 6) is 0.738. The van der Waals surface area contributed by atoms with Gasteiger partial charge >= 0.3 is 0 Å². The van der Waals surface area contributed by atoms with E-state index < -0.39 is 0 Å². The Morgan fingerprint density at radius 2 is 1.88 bits per heavy atom. The van der Waals surface area contributed by atoms with Crippen LogP contribution >= 0.6 is 23.5 Å². The highest BCUT2D eigenvalue weighted by Crippen LogP contribution is 2.52. The van der Waals surface area contributed by atoms with Gasteiger partial charge in [-0.2, -0.15) is 0 Å². The number of morpholine rings is 1. The number of nitrogens with zero attached hydrogens (tertiary/aromatic N) is 2. The van der Waals surface area contributed by atoms with E-state index in [1.165, 1.54) is 38.4 Å². The number of rotatable bonds is 5. The zero-order valence-corrected chi connectivity index (χ0v) is 20.8. The highest BCUT2D eigenvalue weighted by atomic mass is 32.2. The number of aromatic amines is 1. The predicted octanol–water partition coefficient (Wildman–Crippen LogP) is 4.47. The second kappa shape index (κ2) is 9.34. The van der Waals surface area contributed by atoms with E-state index in [-0.39, 0.29) is 5.56 Å². The minimum atomic E-state index is -0.0705. The van der Waals surface area contributed by atoms with E-state index in [2.05, 4.69) is 69.6 Å². The third-order valence-electron chi connectivity index (χ3n) is 6.58. The van der Waals surface area contributed by atoms with Crippen molar-refractivity contribution in [1.82, 2.24) is 9.88 Å². The first kappa shape index (κ1) is 22.1. The number of aromatic nitrogens is 1. The molecule has 0 amide bonds. The Bertz CT molecular complexity index is 1270. The second-order valence-corrected chi connectivity index (χ2v) is 11.3. The van der Waals surface area contributed by atoms with Crippen molar-refractivity contribution in [2.75, 3.05) is 63.2 Å². The molecular formula is C26H28N4O2S2. The zero-order chi connectivity index (χ0) is 23.1. The second-order valence-electron chi connectivity index (χ2n) is 9.18. The van der Waals surface area contributed by atoms with E-state index in [9.17, 15) is 4.79 Å². The van der Waals surface area contributed by atoms with E-state index in [0.717, 1.165) is 42.5 Å². The van der Waals surface area contributed by atoms with Crippen molar-refractivity contribution in [2.45, 2.75) is 19.6 Å². The van der Waals surface area contributed by atoms with Gasteiger partial charge < -0.3 is 24.8 Å². The monoisotopic (exact) mass is 492 g/mol. The predicted molar refractivity (Wildman–Crippen MR) is 140 cm³/mol. The number of hydrogen-bond acceptors (Lipinski definition) is 7. The first-order valence-electron chi connectivity index (χ1n) is 11.7. The summed E-state index contributed by atoms with van der Waals surface area (Å²) in [7, 11) is 2.17. The SMILES string of the molecule is CN1CC(CNc2ccc3c(c2)Sc2cccc(-c4cc(N5CCOCC5)cc(=O)[nH]4)c2S3)C1. The number of H-pyrrole nitrogens is 1. The molecule has 0 bridgehead atoms. The topological polar surface area (TPSA) is 60.6 Å². The van der Waals surface area contributed by atoms with Gasteiger partial charge in [-0.3, -0.25) is 4.79 Å². The normalized spacial score (nSPS) is 18.2. The summed E-state index contributed by atoms with van der Waals surface area (Å²) < 4.78 is 5.48. The fourth-order valence-corrected chi connectivity index (χ4v) is 7.23. The highest BCUT2D eigenvalue weighted by Gasteiger charge is 2.24. The van der Waals surface area contributed by atoms with Gasteiger partial charge in [-0.15, -0.1) is 0 Å². The molecule has 4 heterocycles. The molecule has 0 aliphatic carbocycles. The molecular weight excluding hydrogens is 464 g/mol. The van der Waals surface area contributed by atoms with Crippen LogP contribution in [0.4, 0.5) is 11.4 Å². The molecule has 8 heteroatoms. The number of nitrogens with one attached hydrogen (secondary N) is 2. The van der Waals surface area contributed by atoms with E-state index in [1.54, 1.807) is 17.8 Å². The molecule has 0 saturated carbocycles. The molecule has 6 nitrogen and oxygen atoms in total. The summed E-state index contributed by atoms with van der Waals surface area (Å²) in [6, 6.07) is 16.8. The first-order valence-corrected chi connectivity index (χ1v) is 13.4. The molecule has 2 aromatic carbocycles. The number of anilines is 2. The lowest BCUT2D eigenvalue weighted by molar-refractivity contribution is 0.122. The van der Waals surface area contributed by atoms with Crippen LogP contribution in [0.5, 0.6) is 0 Å². The van der Waals surface area contributed by atoms with Crippen molar-refractivity contribution >= 4 is 34.9 Å². The lowest BCUT2D eigenvalue weighted by atomic mass is 10.0. The van der Waals surface area contributed by atoms with Crippen molar-refractivity contribution in [3.8, 4) is 11.3 Å². The summed E-state index contributed by atoms with van der Waals surface area (Å²) in [4.78, 5) is 25.2. The Hall–Kier alpha value is -2.39. The van der Waals surface area contributed by atoms with Gasteiger partial charge in [-0.05, 0) is 37.4 Å². The molecule has 176 valence electrons. The van der Waals surface area contributed by atoms with E-state index in [0.29, 0.717) is 13.2 Å². The summed E-state index contributed by atoms with van der Waals surface area (Å²) in [6.07, 6.45) is 0. The molecule has 3 aromatic rings. The summed E-state index contributed by atoms with van der Waals surface area (Å²) >= 11 is 3.60. The van der Waals surface area contributed by atoms with Crippen molar-refractivity contribution in [2.24, 2.45) is 5.92 Å². The standard InChI is InChI=1S/C26H28N4O2S2/c1-29-15-17(16-29)14-27-18-5-6-22-24(11-18)33-23-4-2-3-20(26(23)34-22)21-12-19(13-25(31)28-21)30-7-9-32-10-8-30/h2-6,11-13,17,27H,7-10,14-16H2,1H3,(H,28,31). The molecule has 0 spiro atoms. The minimum Gasteiger partial charge on any atom is -0.385 e. The van der Waals surface area contributed by atoms with Gasteiger partial charge in [0.25, 0.3) is 0 Å². The molecule has 3 aliphatic heterocycles. The molecule has 6 rings (SSSR count). The number of ether oxygens (including phenoxy) is 1. The van der Waals surface area contributed by atoms with E-state index in [4.69, 9.17) is 4.74 Å². The van der Waals surface area contributed by atoms with Crippen LogP contribution in [-0.2, 0) is 4.74 Å². The molecule has 2 fully saturated rings. The summed E-state index contributed by atoms with van der Waals surface area (Å²) in [5, 5.41) is 3.62. The van der Waals surface area contributed by atoms with Crippen LogP contribution in [0.3, 0.4) is 0 Å². The largest absolute Gasteiger partial charge is 0.385 e. The van der Waals surface area contributed by atoms with Gasteiger partial charge in [0.2, 0.25) is 5.56 Å². The Kier molecular flexibility index (Phi) is 6.07. The average molecular weight is 493 g/mol. The minimum absolute atomic E-state index is 0.0705. The van der Waals surface area contributed by atoms with Crippen molar-refractivity contribution < 1.29 is 4.74 Å². The van der Waals surface area contributed by atoms with Crippen LogP contribution in [-0.4, -0.2) is 62.9 Å². The van der Waals surface area contributed by atoms with Gasteiger partial charge in [0.05, 0.1) is 18.9 Å². The van der Waals surface area contributed by atoms with E-state index >= 15 is 0 Å². The van der Waals surface area contributed by atoms with Crippen molar-refractivity contribution in [3.05, 3.63) is 58.9 Å². The smallest absolute Gasteiger partial charge is 0.250 e. The Labute approximate surface area is 208 Å². The van der Waals surface area contributed by atoms with Crippen molar-refractivity contribution in [1.29, 1.82) is 0 Å². The molecule has 0 radical (unpaired) electrons. The molecule has 1 aromatic heterocycles. The Morgan fingerprint density at radius 1 is 1.03 bits per heavy atom. The maximum absolute atomic E-state index is 12.5. The number of likely N-dealkylation sites (tertiary alicyclic amines) is 1. The van der Waals surface area contributed by atoms with Crippen LogP contribution in [0, 0.1) is 5.92 Å².